The summed E-state index contributed by atoms with van der Waals surface area (Å²) in [5.74, 6) is 0.560. The largest absolute Gasteiger partial charge is 0.480 e. The van der Waals surface area contributed by atoms with Gasteiger partial charge in [-0.2, -0.15) is 0 Å². The van der Waals surface area contributed by atoms with Gasteiger partial charge in [0.15, 0.2) is 0 Å². The van der Waals surface area contributed by atoms with Crippen molar-refractivity contribution >= 4 is 0 Å². The molecule has 0 amide bonds. The second-order valence-corrected chi connectivity index (χ2v) is 4.77. The van der Waals surface area contributed by atoms with E-state index in [1.165, 1.54) is 11.1 Å². The van der Waals surface area contributed by atoms with Crippen LogP contribution in [0.15, 0.2) is 30.9 Å². The lowest BCUT2D eigenvalue weighted by Crippen LogP contribution is -2.26. The summed E-state index contributed by atoms with van der Waals surface area (Å²) in [7, 11) is 1.62. The second kappa shape index (κ2) is 7.69. The van der Waals surface area contributed by atoms with Gasteiger partial charge in [0.1, 0.15) is 5.69 Å². The highest BCUT2D eigenvalue weighted by Crippen LogP contribution is 2.28. The molecule has 2 aromatic heterocycles. The Labute approximate surface area is 125 Å². The van der Waals surface area contributed by atoms with E-state index in [9.17, 15) is 0 Å². The molecule has 0 spiro atoms. The number of methoxy groups -OCH3 is 1. The Morgan fingerprint density at radius 2 is 2.00 bits per heavy atom. The number of nitrogens with one attached hydrogen (secondary N) is 1. The highest BCUT2D eigenvalue weighted by Gasteiger charge is 2.22. The van der Waals surface area contributed by atoms with E-state index in [0.29, 0.717) is 5.88 Å². The third-order valence-electron chi connectivity index (χ3n) is 3.39. The van der Waals surface area contributed by atoms with E-state index >= 15 is 0 Å². The van der Waals surface area contributed by atoms with Gasteiger partial charge in [-0.3, -0.25) is 9.97 Å². The number of hydrogen-bond acceptors (Lipinski definition) is 5. The van der Waals surface area contributed by atoms with E-state index in [-0.39, 0.29) is 6.04 Å². The van der Waals surface area contributed by atoms with Crippen LogP contribution in [-0.2, 0) is 6.42 Å². The van der Waals surface area contributed by atoms with Crippen molar-refractivity contribution in [3.63, 3.8) is 0 Å². The first kappa shape index (κ1) is 15.4. The minimum atomic E-state index is -0.0356. The molecule has 0 aliphatic heterocycles. The lowest BCUT2D eigenvalue weighted by Gasteiger charge is -2.22. The van der Waals surface area contributed by atoms with E-state index in [4.69, 9.17) is 4.74 Å². The van der Waals surface area contributed by atoms with Gasteiger partial charge >= 0.3 is 0 Å². The average molecular weight is 286 g/mol. The molecule has 0 aliphatic rings. The number of ether oxygens (including phenoxy) is 1. The Morgan fingerprint density at radius 1 is 1.19 bits per heavy atom. The average Bonchev–Trinajstić information content (AvgIpc) is 2.56. The van der Waals surface area contributed by atoms with Gasteiger partial charge < -0.3 is 10.1 Å². The third kappa shape index (κ3) is 3.55. The van der Waals surface area contributed by atoms with Crippen LogP contribution in [0.25, 0.3) is 0 Å². The van der Waals surface area contributed by atoms with Gasteiger partial charge in [-0.15, -0.1) is 0 Å². The summed E-state index contributed by atoms with van der Waals surface area (Å²) >= 11 is 0. The summed E-state index contributed by atoms with van der Waals surface area (Å²) in [5, 5.41) is 3.54. The quantitative estimate of drug-likeness (QED) is 0.847. The maximum Gasteiger partial charge on any atom is 0.237 e. The molecule has 1 atom stereocenters. The number of rotatable bonds is 7. The van der Waals surface area contributed by atoms with Crippen LogP contribution in [-0.4, -0.2) is 28.6 Å². The van der Waals surface area contributed by atoms with Gasteiger partial charge in [0.25, 0.3) is 0 Å². The normalized spacial score (nSPS) is 12.1. The fraction of sp³-hybridized carbons (Fsp3) is 0.438. The first-order chi connectivity index (χ1) is 10.3. The van der Waals surface area contributed by atoms with Crippen LogP contribution in [0.1, 0.15) is 43.1 Å². The Balaban J connectivity index is 2.47. The summed E-state index contributed by atoms with van der Waals surface area (Å²) in [6, 6.07) is 2.01. The Hall–Kier alpha value is -2.01. The van der Waals surface area contributed by atoms with Crippen LogP contribution in [0.4, 0.5) is 0 Å². The molecule has 5 heteroatoms. The molecule has 0 saturated heterocycles. The zero-order valence-corrected chi connectivity index (χ0v) is 12.8. The molecular weight excluding hydrogens is 264 g/mol. The molecule has 0 aliphatic carbocycles. The molecule has 0 saturated carbocycles. The Bertz CT molecular complexity index is 526. The lowest BCUT2D eigenvalue weighted by atomic mass is 9.98. The van der Waals surface area contributed by atoms with E-state index < -0.39 is 0 Å². The van der Waals surface area contributed by atoms with Gasteiger partial charge in [-0.05, 0) is 36.6 Å². The minimum absolute atomic E-state index is 0.0356. The number of aromatic nitrogens is 3. The summed E-state index contributed by atoms with van der Waals surface area (Å²) in [6.07, 6.45) is 9.05. The smallest absolute Gasteiger partial charge is 0.237 e. The maximum atomic E-state index is 5.37. The van der Waals surface area contributed by atoms with Gasteiger partial charge in [-0.1, -0.05) is 13.8 Å². The summed E-state index contributed by atoms with van der Waals surface area (Å²) in [5.41, 5.74) is 3.20. The molecule has 112 valence electrons. The summed E-state index contributed by atoms with van der Waals surface area (Å²) in [6.45, 7) is 5.17. The molecular formula is C16H22N4O. The highest BCUT2D eigenvalue weighted by atomic mass is 16.5. The van der Waals surface area contributed by atoms with E-state index in [0.717, 1.165) is 25.1 Å². The fourth-order valence-electron chi connectivity index (χ4n) is 2.35. The van der Waals surface area contributed by atoms with Gasteiger partial charge in [0.2, 0.25) is 5.88 Å². The van der Waals surface area contributed by atoms with E-state index in [1.54, 1.807) is 19.5 Å². The molecule has 21 heavy (non-hydrogen) atoms. The van der Waals surface area contributed by atoms with Crippen molar-refractivity contribution < 1.29 is 4.74 Å². The zero-order valence-electron chi connectivity index (χ0n) is 12.8. The molecule has 1 N–H and O–H groups in total. The molecule has 2 aromatic rings. The fourth-order valence-corrected chi connectivity index (χ4v) is 2.35. The van der Waals surface area contributed by atoms with E-state index in [1.807, 2.05) is 18.5 Å². The van der Waals surface area contributed by atoms with Crippen molar-refractivity contribution in [3.8, 4) is 5.88 Å². The van der Waals surface area contributed by atoms with Crippen LogP contribution >= 0.6 is 0 Å². The first-order valence-corrected chi connectivity index (χ1v) is 7.32. The number of aryl methyl sites for hydroxylation is 1. The van der Waals surface area contributed by atoms with Gasteiger partial charge in [0.05, 0.1) is 13.2 Å². The molecule has 0 bridgehead atoms. The van der Waals surface area contributed by atoms with Crippen molar-refractivity contribution in [2.75, 3.05) is 13.7 Å². The lowest BCUT2D eigenvalue weighted by molar-refractivity contribution is 0.382. The number of pyridine rings is 1. The predicted octanol–water partition coefficient (Wildman–Crippen LogP) is 2.53. The summed E-state index contributed by atoms with van der Waals surface area (Å²) < 4.78 is 5.37. The van der Waals surface area contributed by atoms with Gasteiger partial charge in [0, 0.05) is 24.8 Å². The Morgan fingerprint density at radius 3 is 2.71 bits per heavy atom. The Kier molecular flexibility index (Phi) is 5.63. The van der Waals surface area contributed by atoms with Gasteiger partial charge in [-0.25, -0.2) is 4.98 Å². The molecule has 2 rings (SSSR count). The molecule has 5 nitrogen and oxygen atoms in total. The van der Waals surface area contributed by atoms with Crippen LogP contribution in [0.2, 0.25) is 0 Å². The van der Waals surface area contributed by atoms with Crippen LogP contribution in [0, 0.1) is 0 Å². The maximum absolute atomic E-state index is 5.37. The second-order valence-electron chi connectivity index (χ2n) is 4.77. The number of hydrogen-bond donors (Lipinski definition) is 1. The molecule has 0 radical (unpaired) electrons. The number of nitrogens with zero attached hydrogens (tertiary/aromatic N) is 3. The SMILES string of the molecule is CCCNC(c1ccncc1CC)c1nccnc1OC. The van der Waals surface area contributed by atoms with Crippen LogP contribution in [0.5, 0.6) is 5.88 Å². The zero-order chi connectivity index (χ0) is 15.1. The molecule has 2 heterocycles. The highest BCUT2D eigenvalue weighted by molar-refractivity contribution is 5.36. The summed E-state index contributed by atoms with van der Waals surface area (Å²) in [4.78, 5) is 13.0. The van der Waals surface area contributed by atoms with Crippen LogP contribution in [0.3, 0.4) is 0 Å². The monoisotopic (exact) mass is 286 g/mol. The van der Waals surface area contributed by atoms with Crippen molar-refractivity contribution in [1.29, 1.82) is 0 Å². The van der Waals surface area contributed by atoms with E-state index in [2.05, 4.69) is 34.1 Å². The molecule has 0 fully saturated rings. The minimum Gasteiger partial charge on any atom is -0.480 e. The predicted molar refractivity (Wildman–Crippen MR) is 82.3 cm³/mol. The van der Waals surface area contributed by atoms with Crippen molar-refractivity contribution in [1.82, 2.24) is 20.3 Å². The third-order valence-corrected chi connectivity index (χ3v) is 3.39. The van der Waals surface area contributed by atoms with Crippen molar-refractivity contribution in [2.45, 2.75) is 32.7 Å². The molecule has 0 aromatic carbocycles. The van der Waals surface area contributed by atoms with Crippen molar-refractivity contribution in [2.24, 2.45) is 0 Å². The topological polar surface area (TPSA) is 59.9 Å². The molecule has 1 unspecified atom stereocenters. The first-order valence-electron chi connectivity index (χ1n) is 7.32. The van der Waals surface area contributed by atoms with Crippen molar-refractivity contribution in [3.05, 3.63) is 47.7 Å². The standard InChI is InChI=1S/C16H22N4O/c1-4-7-18-14(13-6-8-17-11-12(13)5-2)15-16(21-3)20-10-9-19-15/h6,8-11,14,18H,4-5,7H2,1-3H3. The van der Waals surface area contributed by atoms with Crippen LogP contribution < -0.4 is 10.1 Å².